The van der Waals surface area contributed by atoms with Crippen molar-refractivity contribution in [3.05, 3.63) is 102 Å². The second kappa shape index (κ2) is 10.2. The summed E-state index contributed by atoms with van der Waals surface area (Å²) in [5, 5.41) is 4.24. The number of hydrogen-bond donors (Lipinski definition) is 1. The molecule has 3 aromatic carbocycles. The van der Waals surface area contributed by atoms with Crippen LogP contribution in [0.15, 0.2) is 84.9 Å². The van der Waals surface area contributed by atoms with E-state index in [0.717, 1.165) is 64.5 Å². The highest BCUT2D eigenvalue weighted by atomic mass is 16.1. The van der Waals surface area contributed by atoms with Crippen molar-refractivity contribution in [2.75, 3.05) is 0 Å². The molecule has 3 heteroatoms. The van der Waals surface area contributed by atoms with Crippen LogP contribution in [0.5, 0.6) is 0 Å². The molecule has 1 amide bonds. The van der Waals surface area contributed by atoms with Gasteiger partial charge in [-0.05, 0) is 36.5 Å². The number of carbonyl (C=O) groups excluding carboxylic acids is 1. The Kier molecular flexibility index (Phi) is 6.96. The van der Waals surface area contributed by atoms with Crippen LogP contribution in [0.3, 0.4) is 0 Å². The van der Waals surface area contributed by atoms with Gasteiger partial charge in [0.2, 0.25) is 0 Å². The molecule has 0 aliphatic carbocycles. The summed E-state index contributed by atoms with van der Waals surface area (Å²) in [5.74, 6) is -0.0254. The van der Waals surface area contributed by atoms with Gasteiger partial charge >= 0.3 is 0 Å². The summed E-state index contributed by atoms with van der Waals surface area (Å²) >= 11 is 0. The van der Waals surface area contributed by atoms with Crippen molar-refractivity contribution in [3.8, 4) is 11.3 Å². The molecular weight excluding hydrogens is 392 g/mol. The highest BCUT2D eigenvalue weighted by molar-refractivity contribution is 6.09. The van der Waals surface area contributed by atoms with E-state index in [0.29, 0.717) is 0 Å². The van der Waals surface area contributed by atoms with Gasteiger partial charge in [-0.25, -0.2) is 4.98 Å². The number of fused-ring (bicyclic) bond motifs is 1. The molecule has 1 atom stereocenters. The Morgan fingerprint density at radius 2 is 1.53 bits per heavy atom. The van der Waals surface area contributed by atoms with Gasteiger partial charge in [0, 0.05) is 10.9 Å². The number of pyridine rings is 1. The fourth-order valence-corrected chi connectivity index (χ4v) is 4.28. The maximum Gasteiger partial charge on any atom is 0.252 e. The number of amides is 1. The first kappa shape index (κ1) is 21.8. The van der Waals surface area contributed by atoms with E-state index in [4.69, 9.17) is 4.98 Å². The van der Waals surface area contributed by atoms with E-state index in [1.165, 1.54) is 0 Å². The predicted molar refractivity (Wildman–Crippen MR) is 133 cm³/mol. The number of nitrogens with zero attached hydrogens (tertiary/aromatic N) is 1. The van der Waals surface area contributed by atoms with Gasteiger partial charge in [0.05, 0.1) is 22.8 Å². The third kappa shape index (κ3) is 4.57. The standard InChI is InChI=1S/C29H30N2O/c1-3-5-18-24-27(29(32)31-25(4-2)21-14-8-6-9-15-21)23-19-12-13-20-26(23)30-28(24)22-16-10-7-11-17-22/h6-17,19-20,25H,3-5,18H2,1-2H3,(H,31,32)/t25-/m1/s1. The first-order valence-electron chi connectivity index (χ1n) is 11.6. The summed E-state index contributed by atoms with van der Waals surface area (Å²) in [7, 11) is 0. The highest BCUT2D eigenvalue weighted by Crippen LogP contribution is 2.32. The van der Waals surface area contributed by atoms with Crippen LogP contribution in [0.2, 0.25) is 0 Å². The van der Waals surface area contributed by atoms with Gasteiger partial charge in [-0.1, -0.05) is 99.1 Å². The van der Waals surface area contributed by atoms with Gasteiger partial charge in [0.25, 0.3) is 5.91 Å². The minimum absolute atomic E-state index is 0.0254. The molecule has 0 saturated carbocycles. The van der Waals surface area contributed by atoms with Crippen LogP contribution in [0.1, 0.15) is 60.6 Å². The Morgan fingerprint density at radius 1 is 0.875 bits per heavy atom. The number of unbranched alkanes of at least 4 members (excludes halogenated alkanes) is 1. The van der Waals surface area contributed by atoms with Crippen LogP contribution >= 0.6 is 0 Å². The SMILES string of the molecule is CCCCc1c(-c2ccccc2)nc2ccccc2c1C(=O)N[C@H](CC)c1ccccc1. The number of carbonyl (C=O) groups is 1. The molecular formula is C29H30N2O. The van der Waals surface area contributed by atoms with Gasteiger partial charge in [-0.3, -0.25) is 4.79 Å². The zero-order valence-corrected chi connectivity index (χ0v) is 18.8. The quantitative estimate of drug-likeness (QED) is 0.328. The molecule has 4 rings (SSSR count). The molecule has 0 spiro atoms. The molecule has 162 valence electrons. The summed E-state index contributed by atoms with van der Waals surface area (Å²) in [5.41, 5.74) is 5.74. The maximum absolute atomic E-state index is 13.8. The molecule has 0 fully saturated rings. The zero-order valence-electron chi connectivity index (χ0n) is 18.8. The van der Waals surface area contributed by atoms with Crippen molar-refractivity contribution >= 4 is 16.8 Å². The van der Waals surface area contributed by atoms with Crippen molar-refractivity contribution in [2.45, 2.75) is 45.6 Å². The summed E-state index contributed by atoms with van der Waals surface area (Å²) in [4.78, 5) is 18.8. The molecule has 0 unspecified atom stereocenters. The summed E-state index contributed by atoms with van der Waals surface area (Å²) in [6.07, 6.45) is 3.72. The molecule has 0 radical (unpaired) electrons. The number of nitrogens with one attached hydrogen (secondary N) is 1. The van der Waals surface area contributed by atoms with Gasteiger partial charge in [-0.2, -0.15) is 0 Å². The van der Waals surface area contributed by atoms with Gasteiger partial charge in [0.15, 0.2) is 0 Å². The highest BCUT2D eigenvalue weighted by Gasteiger charge is 2.23. The Hall–Kier alpha value is -3.46. The van der Waals surface area contributed by atoms with Crippen molar-refractivity contribution in [1.82, 2.24) is 10.3 Å². The lowest BCUT2D eigenvalue weighted by atomic mass is 9.92. The number of hydrogen-bond acceptors (Lipinski definition) is 2. The van der Waals surface area contributed by atoms with Crippen LogP contribution in [-0.4, -0.2) is 10.9 Å². The van der Waals surface area contributed by atoms with E-state index in [9.17, 15) is 4.79 Å². The molecule has 0 aliphatic rings. The minimum atomic E-state index is -0.0326. The van der Waals surface area contributed by atoms with Crippen molar-refractivity contribution in [2.24, 2.45) is 0 Å². The molecule has 4 aromatic rings. The number of benzene rings is 3. The number of rotatable bonds is 8. The van der Waals surface area contributed by atoms with E-state index in [-0.39, 0.29) is 11.9 Å². The Morgan fingerprint density at radius 3 is 2.22 bits per heavy atom. The minimum Gasteiger partial charge on any atom is -0.345 e. The van der Waals surface area contributed by atoms with E-state index in [2.05, 4.69) is 43.4 Å². The van der Waals surface area contributed by atoms with E-state index in [1.807, 2.05) is 60.7 Å². The fraction of sp³-hybridized carbons (Fsp3) is 0.241. The molecule has 3 nitrogen and oxygen atoms in total. The van der Waals surface area contributed by atoms with Crippen LogP contribution in [-0.2, 0) is 6.42 Å². The third-order valence-electron chi connectivity index (χ3n) is 5.96. The molecule has 1 N–H and O–H groups in total. The first-order valence-corrected chi connectivity index (χ1v) is 11.6. The first-order chi connectivity index (χ1) is 15.7. The smallest absolute Gasteiger partial charge is 0.252 e. The van der Waals surface area contributed by atoms with Crippen molar-refractivity contribution < 1.29 is 4.79 Å². The van der Waals surface area contributed by atoms with E-state index in [1.54, 1.807) is 0 Å². The molecule has 1 heterocycles. The lowest BCUT2D eigenvalue weighted by Gasteiger charge is -2.21. The second-order valence-electron chi connectivity index (χ2n) is 8.15. The normalized spacial score (nSPS) is 11.9. The molecule has 0 aliphatic heterocycles. The summed E-state index contributed by atoms with van der Waals surface area (Å²) < 4.78 is 0. The Labute approximate surface area is 190 Å². The third-order valence-corrected chi connectivity index (χ3v) is 5.96. The largest absolute Gasteiger partial charge is 0.345 e. The average molecular weight is 423 g/mol. The molecule has 32 heavy (non-hydrogen) atoms. The number of aromatic nitrogens is 1. The fourth-order valence-electron chi connectivity index (χ4n) is 4.28. The summed E-state index contributed by atoms with van der Waals surface area (Å²) in [6, 6.07) is 28.4. The maximum atomic E-state index is 13.8. The van der Waals surface area contributed by atoms with Crippen LogP contribution in [0.4, 0.5) is 0 Å². The molecule has 1 aromatic heterocycles. The van der Waals surface area contributed by atoms with Gasteiger partial charge < -0.3 is 5.32 Å². The monoisotopic (exact) mass is 422 g/mol. The Bertz CT molecular complexity index is 1190. The van der Waals surface area contributed by atoms with Gasteiger partial charge in [0.1, 0.15) is 0 Å². The predicted octanol–water partition coefficient (Wildman–Crippen LogP) is 7.13. The van der Waals surface area contributed by atoms with Gasteiger partial charge in [-0.15, -0.1) is 0 Å². The second-order valence-corrected chi connectivity index (χ2v) is 8.15. The lowest BCUT2D eigenvalue weighted by molar-refractivity contribution is 0.0936. The zero-order chi connectivity index (χ0) is 22.3. The van der Waals surface area contributed by atoms with E-state index < -0.39 is 0 Å². The summed E-state index contributed by atoms with van der Waals surface area (Å²) in [6.45, 7) is 4.29. The van der Waals surface area contributed by atoms with Crippen LogP contribution < -0.4 is 5.32 Å². The van der Waals surface area contributed by atoms with Crippen molar-refractivity contribution in [3.63, 3.8) is 0 Å². The van der Waals surface area contributed by atoms with Crippen LogP contribution in [0, 0.1) is 0 Å². The average Bonchev–Trinajstić information content (AvgIpc) is 2.86. The number of para-hydroxylation sites is 1. The topological polar surface area (TPSA) is 42.0 Å². The van der Waals surface area contributed by atoms with E-state index >= 15 is 0 Å². The lowest BCUT2D eigenvalue weighted by Crippen LogP contribution is -2.29. The Balaban J connectivity index is 1.87. The molecule has 0 saturated heterocycles. The van der Waals surface area contributed by atoms with Crippen molar-refractivity contribution in [1.29, 1.82) is 0 Å². The van der Waals surface area contributed by atoms with Crippen LogP contribution in [0.25, 0.3) is 22.2 Å². The molecule has 0 bridgehead atoms.